The highest BCUT2D eigenvalue weighted by atomic mass is 32.2. The number of piperidine rings is 1. The third kappa shape index (κ3) is 4.36. The molecule has 0 radical (unpaired) electrons. The van der Waals surface area contributed by atoms with Gasteiger partial charge in [-0.2, -0.15) is 17.5 Å². The number of benzene rings is 1. The lowest BCUT2D eigenvalue weighted by Crippen LogP contribution is -2.44. The highest BCUT2D eigenvalue weighted by Crippen LogP contribution is 2.46. The largest absolute Gasteiger partial charge is 0.490 e. The van der Waals surface area contributed by atoms with Crippen LogP contribution in [0.5, 0.6) is 0 Å². The zero-order chi connectivity index (χ0) is 22.2. The van der Waals surface area contributed by atoms with Crippen LogP contribution in [0.1, 0.15) is 30.4 Å². The minimum atomic E-state index is -5.08. The van der Waals surface area contributed by atoms with Crippen LogP contribution in [0.3, 0.4) is 0 Å². The first-order chi connectivity index (χ1) is 14.0. The van der Waals surface area contributed by atoms with Crippen LogP contribution in [0, 0.1) is 0 Å². The summed E-state index contributed by atoms with van der Waals surface area (Å²) in [5.41, 5.74) is 3.05. The van der Waals surface area contributed by atoms with E-state index in [0.717, 1.165) is 25.7 Å². The molecule has 0 bridgehead atoms. The van der Waals surface area contributed by atoms with Gasteiger partial charge in [0.15, 0.2) is 5.03 Å². The van der Waals surface area contributed by atoms with Crippen LogP contribution in [0.15, 0.2) is 41.8 Å². The molecule has 1 saturated heterocycles. The van der Waals surface area contributed by atoms with E-state index in [1.165, 1.54) is 17.5 Å². The van der Waals surface area contributed by atoms with Crippen molar-refractivity contribution in [3.63, 3.8) is 0 Å². The molecule has 1 aliphatic heterocycles. The summed E-state index contributed by atoms with van der Waals surface area (Å²) in [5.74, 6) is -2.76. The van der Waals surface area contributed by atoms with Gasteiger partial charge in [0, 0.05) is 26.3 Å². The molecule has 2 aliphatic rings. The highest BCUT2D eigenvalue weighted by molar-refractivity contribution is 7.89. The summed E-state index contributed by atoms with van der Waals surface area (Å²) in [5, 5.41) is 7.28. The number of aliphatic carboxylic acids is 1. The molecule has 1 aromatic carbocycles. The second kappa shape index (κ2) is 8.03. The van der Waals surface area contributed by atoms with E-state index in [0.29, 0.717) is 13.1 Å². The smallest absolute Gasteiger partial charge is 0.475 e. The Morgan fingerprint density at radius 3 is 2.30 bits per heavy atom. The van der Waals surface area contributed by atoms with E-state index < -0.39 is 22.2 Å². The number of hydrogen-bond donors (Lipinski definition) is 1. The van der Waals surface area contributed by atoms with Crippen molar-refractivity contribution in [1.29, 1.82) is 0 Å². The molecule has 11 heteroatoms. The summed E-state index contributed by atoms with van der Waals surface area (Å²) >= 11 is 0. The van der Waals surface area contributed by atoms with Gasteiger partial charge in [0.25, 0.3) is 10.0 Å². The predicted octanol–water partition coefficient (Wildman–Crippen LogP) is 2.72. The fourth-order valence-electron chi connectivity index (χ4n) is 4.09. The fourth-order valence-corrected chi connectivity index (χ4v) is 5.50. The summed E-state index contributed by atoms with van der Waals surface area (Å²) in [6, 6.07) is 8.63. The maximum atomic E-state index is 12.7. The van der Waals surface area contributed by atoms with Crippen molar-refractivity contribution in [2.24, 2.45) is 7.05 Å². The van der Waals surface area contributed by atoms with Gasteiger partial charge in [-0.05, 0) is 42.2 Å². The van der Waals surface area contributed by atoms with Crippen molar-refractivity contribution in [1.82, 2.24) is 13.9 Å². The number of aromatic nitrogens is 2. The Morgan fingerprint density at radius 2 is 1.77 bits per heavy atom. The minimum Gasteiger partial charge on any atom is -0.475 e. The number of alkyl halides is 3. The molecule has 2 aromatic rings. The Bertz CT molecular complexity index is 1030. The molecule has 0 unspecified atom stereocenters. The van der Waals surface area contributed by atoms with Crippen LogP contribution in [0.4, 0.5) is 13.2 Å². The SMILES string of the molecule is Cn1cnc(S(=O)(=O)N2CCC3(CCc4ccccc43)CC2)c1.O=C(O)C(F)(F)F. The summed E-state index contributed by atoms with van der Waals surface area (Å²) < 4.78 is 60.4. The molecule has 0 amide bonds. The Hall–Kier alpha value is -2.40. The van der Waals surface area contributed by atoms with Crippen molar-refractivity contribution in [2.45, 2.75) is 42.3 Å². The van der Waals surface area contributed by atoms with Gasteiger partial charge >= 0.3 is 12.1 Å². The first kappa shape index (κ1) is 22.3. The molecular formula is C19H22F3N3O4S. The number of halogens is 3. The van der Waals surface area contributed by atoms with E-state index in [2.05, 4.69) is 29.2 Å². The Balaban J connectivity index is 0.000000318. The summed E-state index contributed by atoms with van der Waals surface area (Å²) in [6.45, 7) is 1.15. The fraction of sp³-hybridized carbons (Fsp3) is 0.474. The van der Waals surface area contributed by atoms with Crippen LogP contribution < -0.4 is 0 Å². The van der Waals surface area contributed by atoms with Crippen molar-refractivity contribution in [3.05, 3.63) is 47.9 Å². The summed E-state index contributed by atoms with van der Waals surface area (Å²) in [6.07, 6.45) is 2.08. The van der Waals surface area contributed by atoms with Gasteiger partial charge in [-0.3, -0.25) is 0 Å². The second-order valence-corrected chi connectivity index (χ2v) is 9.41. The van der Waals surface area contributed by atoms with Crippen LogP contribution in [0.25, 0.3) is 0 Å². The lowest BCUT2D eigenvalue weighted by molar-refractivity contribution is -0.192. The first-order valence-corrected chi connectivity index (χ1v) is 10.8. The monoisotopic (exact) mass is 445 g/mol. The summed E-state index contributed by atoms with van der Waals surface area (Å²) in [7, 11) is -1.68. The Kier molecular flexibility index (Phi) is 5.96. The number of imidazole rings is 1. The molecule has 1 aromatic heterocycles. The predicted molar refractivity (Wildman–Crippen MR) is 101 cm³/mol. The molecule has 4 rings (SSSR count). The van der Waals surface area contributed by atoms with E-state index in [-0.39, 0.29) is 10.4 Å². The van der Waals surface area contributed by atoms with Gasteiger partial charge in [-0.1, -0.05) is 24.3 Å². The van der Waals surface area contributed by atoms with Gasteiger partial charge < -0.3 is 9.67 Å². The highest BCUT2D eigenvalue weighted by Gasteiger charge is 2.43. The number of rotatable bonds is 2. The van der Waals surface area contributed by atoms with Crippen molar-refractivity contribution < 1.29 is 31.5 Å². The molecule has 1 spiro atoms. The van der Waals surface area contributed by atoms with E-state index in [9.17, 15) is 21.6 Å². The van der Waals surface area contributed by atoms with Gasteiger partial charge in [0.05, 0.1) is 6.33 Å². The molecule has 1 aliphatic carbocycles. The third-order valence-electron chi connectivity index (χ3n) is 5.67. The van der Waals surface area contributed by atoms with Gasteiger partial charge in [-0.25, -0.2) is 18.2 Å². The zero-order valence-corrected chi connectivity index (χ0v) is 17.1. The van der Waals surface area contributed by atoms with E-state index in [4.69, 9.17) is 9.90 Å². The zero-order valence-electron chi connectivity index (χ0n) is 16.3. The van der Waals surface area contributed by atoms with Gasteiger partial charge in [0.1, 0.15) is 0 Å². The number of nitrogens with zero attached hydrogens (tertiary/aromatic N) is 3. The first-order valence-electron chi connectivity index (χ1n) is 9.32. The van der Waals surface area contributed by atoms with Crippen LogP contribution >= 0.6 is 0 Å². The van der Waals surface area contributed by atoms with Crippen molar-refractivity contribution in [3.8, 4) is 0 Å². The van der Waals surface area contributed by atoms with Gasteiger partial charge in [-0.15, -0.1) is 0 Å². The van der Waals surface area contributed by atoms with Crippen molar-refractivity contribution >= 4 is 16.0 Å². The number of carboxylic acid groups (broad SMARTS) is 1. The van der Waals surface area contributed by atoms with E-state index in [1.807, 2.05) is 0 Å². The molecule has 0 atom stereocenters. The van der Waals surface area contributed by atoms with E-state index >= 15 is 0 Å². The quantitative estimate of drug-likeness (QED) is 0.768. The van der Waals surface area contributed by atoms with Crippen molar-refractivity contribution in [2.75, 3.05) is 13.1 Å². The molecule has 7 nitrogen and oxygen atoms in total. The average Bonchev–Trinajstić information content (AvgIpc) is 3.27. The Morgan fingerprint density at radius 1 is 1.17 bits per heavy atom. The molecule has 0 saturated carbocycles. The third-order valence-corrected chi connectivity index (χ3v) is 7.45. The molecular weight excluding hydrogens is 423 g/mol. The van der Waals surface area contributed by atoms with E-state index in [1.54, 1.807) is 22.1 Å². The lowest BCUT2D eigenvalue weighted by atomic mass is 9.74. The second-order valence-electron chi connectivity index (χ2n) is 7.52. The van der Waals surface area contributed by atoms with Crippen LogP contribution in [-0.2, 0) is 33.7 Å². The number of carboxylic acids is 1. The standard InChI is InChI=1S/C17H21N3O2S.C2HF3O2/c1-19-12-16(18-13-19)23(21,22)20-10-8-17(9-11-20)7-6-14-4-2-3-5-15(14)17;3-2(4,5)1(6)7/h2-5,12-13H,6-11H2,1H3;(H,6,7). The maximum Gasteiger partial charge on any atom is 0.490 e. The number of carbonyl (C=O) groups is 1. The number of fused-ring (bicyclic) bond motifs is 2. The minimum absolute atomic E-state index is 0.155. The molecule has 164 valence electrons. The normalized spacial score (nSPS) is 18.5. The van der Waals surface area contributed by atoms with Crippen LogP contribution in [-0.4, -0.2) is 52.6 Å². The average molecular weight is 445 g/mol. The number of sulfonamides is 1. The Labute approximate surface area is 172 Å². The number of aryl methyl sites for hydroxylation is 2. The number of hydrogen-bond acceptors (Lipinski definition) is 4. The summed E-state index contributed by atoms with van der Waals surface area (Å²) in [4.78, 5) is 12.9. The van der Waals surface area contributed by atoms with Crippen LogP contribution in [0.2, 0.25) is 0 Å². The molecule has 1 N–H and O–H groups in total. The molecule has 30 heavy (non-hydrogen) atoms. The maximum absolute atomic E-state index is 12.7. The van der Waals surface area contributed by atoms with Gasteiger partial charge in [0.2, 0.25) is 0 Å². The lowest BCUT2D eigenvalue weighted by Gasteiger charge is -2.39. The molecule has 1 fully saturated rings. The topological polar surface area (TPSA) is 92.5 Å². The molecule has 2 heterocycles.